The highest BCUT2D eigenvalue weighted by Crippen LogP contribution is 2.22. The van der Waals surface area contributed by atoms with Gasteiger partial charge < -0.3 is 5.32 Å². The monoisotopic (exact) mass is 352 g/mol. The van der Waals surface area contributed by atoms with E-state index in [0.717, 1.165) is 5.56 Å². The Balaban J connectivity index is 2.09. The van der Waals surface area contributed by atoms with E-state index in [4.69, 9.17) is 0 Å². The molecule has 21 heavy (non-hydrogen) atoms. The largest absolute Gasteiger partial charge is 0.306 e. The van der Waals surface area contributed by atoms with Crippen LogP contribution in [0.25, 0.3) is 0 Å². The molecule has 0 aromatic heterocycles. The lowest BCUT2D eigenvalue weighted by atomic mass is 10.1. The summed E-state index contributed by atoms with van der Waals surface area (Å²) in [5.41, 5.74) is 1.36. The number of halogens is 2. The van der Waals surface area contributed by atoms with Crippen LogP contribution in [0.3, 0.4) is 0 Å². The van der Waals surface area contributed by atoms with Gasteiger partial charge in [0.05, 0.1) is 4.92 Å². The Bertz CT molecular complexity index is 664. The quantitative estimate of drug-likeness (QED) is 0.642. The van der Waals surface area contributed by atoms with Crippen LogP contribution in [0, 0.1) is 15.9 Å². The van der Waals surface area contributed by atoms with Gasteiger partial charge in [0.1, 0.15) is 5.82 Å². The first-order valence-corrected chi connectivity index (χ1v) is 7.18. The zero-order chi connectivity index (χ0) is 15.4. The lowest BCUT2D eigenvalue weighted by Gasteiger charge is -2.15. The molecule has 0 unspecified atom stereocenters. The first-order chi connectivity index (χ1) is 9.97. The molecule has 0 heterocycles. The van der Waals surface area contributed by atoms with Gasteiger partial charge in [-0.15, -0.1) is 0 Å². The maximum absolute atomic E-state index is 13.7. The van der Waals surface area contributed by atoms with Gasteiger partial charge in [0.15, 0.2) is 0 Å². The molecule has 1 N–H and O–H groups in total. The van der Waals surface area contributed by atoms with Crippen LogP contribution in [0.5, 0.6) is 0 Å². The Labute approximate surface area is 130 Å². The number of non-ortho nitro benzene ring substituents is 1. The van der Waals surface area contributed by atoms with Crippen molar-refractivity contribution < 1.29 is 9.31 Å². The second-order valence-electron chi connectivity index (χ2n) is 4.70. The van der Waals surface area contributed by atoms with E-state index in [9.17, 15) is 14.5 Å². The molecule has 0 aliphatic heterocycles. The predicted molar refractivity (Wildman–Crippen MR) is 82.5 cm³/mol. The SMILES string of the molecule is C[C@@H](NCc1cc(Br)cc([N+](=O)[O-])c1)c1ccccc1F. The fourth-order valence-corrected chi connectivity index (χ4v) is 2.58. The molecule has 0 aliphatic carbocycles. The molecular weight excluding hydrogens is 339 g/mol. The molecule has 110 valence electrons. The first-order valence-electron chi connectivity index (χ1n) is 6.39. The van der Waals surface area contributed by atoms with Crippen LogP contribution in [0.15, 0.2) is 46.9 Å². The fraction of sp³-hybridized carbons (Fsp3) is 0.200. The van der Waals surface area contributed by atoms with Crippen LogP contribution < -0.4 is 5.32 Å². The van der Waals surface area contributed by atoms with Crippen LogP contribution in [0.2, 0.25) is 0 Å². The number of nitrogens with zero attached hydrogens (tertiary/aromatic N) is 1. The number of hydrogen-bond acceptors (Lipinski definition) is 3. The molecule has 6 heteroatoms. The second kappa shape index (κ2) is 6.78. The second-order valence-corrected chi connectivity index (χ2v) is 5.61. The summed E-state index contributed by atoms with van der Waals surface area (Å²) in [4.78, 5) is 10.4. The lowest BCUT2D eigenvalue weighted by Crippen LogP contribution is -2.19. The smallest absolute Gasteiger partial charge is 0.270 e. The molecule has 0 aliphatic rings. The van der Waals surface area contributed by atoms with Crippen molar-refractivity contribution in [2.75, 3.05) is 0 Å². The Morgan fingerprint density at radius 3 is 2.71 bits per heavy atom. The highest BCUT2D eigenvalue weighted by atomic mass is 79.9. The summed E-state index contributed by atoms with van der Waals surface area (Å²) in [6.45, 7) is 2.26. The summed E-state index contributed by atoms with van der Waals surface area (Å²) in [5.74, 6) is -0.266. The lowest BCUT2D eigenvalue weighted by molar-refractivity contribution is -0.385. The topological polar surface area (TPSA) is 55.2 Å². The van der Waals surface area contributed by atoms with Crippen molar-refractivity contribution in [3.05, 3.63) is 74.0 Å². The Kier molecular flexibility index (Phi) is 5.03. The van der Waals surface area contributed by atoms with E-state index >= 15 is 0 Å². The van der Waals surface area contributed by atoms with Crippen LogP contribution in [-0.2, 0) is 6.54 Å². The van der Waals surface area contributed by atoms with E-state index in [2.05, 4.69) is 21.2 Å². The summed E-state index contributed by atoms with van der Waals surface area (Å²) in [7, 11) is 0. The van der Waals surface area contributed by atoms with E-state index in [1.165, 1.54) is 18.2 Å². The van der Waals surface area contributed by atoms with Gasteiger partial charge in [0.2, 0.25) is 0 Å². The minimum absolute atomic E-state index is 0.0275. The highest BCUT2D eigenvalue weighted by molar-refractivity contribution is 9.10. The molecule has 2 aromatic rings. The Morgan fingerprint density at radius 1 is 1.33 bits per heavy atom. The van der Waals surface area contributed by atoms with Gasteiger partial charge in [-0.3, -0.25) is 10.1 Å². The maximum atomic E-state index is 13.7. The van der Waals surface area contributed by atoms with Crippen molar-refractivity contribution in [1.29, 1.82) is 0 Å². The summed E-state index contributed by atoms with van der Waals surface area (Å²) in [6.07, 6.45) is 0. The average molecular weight is 353 g/mol. The van der Waals surface area contributed by atoms with Gasteiger partial charge in [-0.05, 0) is 24.6 Å². The van der Waals surface area contributed by atoms with E-state index in [1.807, 2.05) is 6.92 Å². The fourth-order valence-electron chi connectivity index (χ4n) is 2.05. The van der Waals surface area contributed by atoms with Crippen molar-refractivity contribution in [1.82, 2.24) is 5.32 Å². The van der Waals surface area contributed by atoms with E-state index in [1.54, 1.807) is 24.3 Å². The average Bonchev–Trinajstić information content (AvgIpc) is 2.44. The van der Waals surface area contributed by atoms with Gasteiger partial charge >= 0.3 is 0 Å². The molecule has 2 rings (SSSR count). The molecule has 1 atom stereocenters. The van der Waals surface area contributed by atoms with Crippen molar-refractivity contribution in [2.24, 2.45) is 0 Å². The summed E-state index contributed by atoms with van der Waals surface area (Å²) >= 11 is 3.25. The summed E-state index contributed by atoms with van der Waals surface area (Å²) in [5, 5.41) is 14.0. The molecular formula is C15H14BrFN2O2. The molecule has 0 bridgehead atoms. The molecule has 4 nitrogen and oxygen atoms in total. The molecule has 0 saturated heterocycles. The molecule has 0 saturated carbocycles. The van der Waals surface area contributed by atoms with Crippen LogP contribution >= 0.6 is 15.9 Å². The van der Waals surface area contributed by atoms with Crippen molar-refractivity contribution in [2.45, 2.75) is 19.5 Å². The molecule has 0 radical (unpaired) electrons. The van der Waals surface area contributed by atoms with Gasteiger partial charge in [-0.1, -0.05) is 34.1 Å². The number of nitro benzene ring substituents is 1. The normalized spacial score (nSPS) is 12.1. The number of rotatable bonds is 5. The van der Waals surface area contributed by atoms with Crippen LogP contribution in [0.1, 0.15) is 24.1 Å². The highest BCUT2D eigenvalue weighted by Gasteiger charge is 2.12. The Hall–Kier alpha value is -1.79. The minimum Gasteiger partial charge on any atom is -0.306 e. The maximum Gasteiger partial charge on any atom is 0.270 e. The number of nitro groups is 1. The number of hydrogen-bond donors (Lipinski definition) is 1. The van der Waals surface area contributed by atoms with Crippen molar-refractivity contribution >= 4 is 21.6 Å². The Morgan fingerprint density at radius 2 is 2.05 bits per heavy atom. The van der Waals surface area contributed by atoms with Gasteiger partial charge in [-0.2, -0.15) is 0 Å². The molecule has 0 spiro atoms. The van der Waals surface area contributed by atoms with Crippen molar-refractivity contribution in [3.63, 3.8) is 0 Å². The standard InChI is InChI=1S/C15H14BrFN2O2/c1-10(14-4-2-3-5-15(14)17)18-9-11-6-12(16)8-13(7-11)19(20)21/h2-8,10,18H,9H2,1H3/t10-/m1/s1. The number of nitrogens with one attached hydrogen (secondary N) is 1. The van der Waals surface area contributed by atoms with Gasteiger partial charge in [0, 0.05) is 34.8 Å². The molecule has 0 fully saturated rings. The third kappa shape index (κ3) is 4.09. The van der Waals surface area contributed by atoms with E-state index in [-0.39, 0.29) is 17.5 Å². The third-order valence-electron chi connectivity index (χ3n) is 3.14. The van der Waals surface area contributed by atoms with Crippen LogP contribution in [-0.4, -0.2) is 4.92 Å². The van der Waals surface area contributed by atoms with E-state index < -0.39 is 4.92 Å². The van der Waals surface area contributed by atoms with Gasteiger partial charge in [0.25, 0.3) is 5.69 Å². The molecule has 0 amide bonds. The third-order valence-corrected chi connectivity index (χ3v) is 3.60. The van der Waals surface area contributed by atoms with Gasteiger partial charge in [-0.25, -0.2) is 4.39 Å². The summed E-state index contributed by atoms with van der Waals surface area (Å²) in [6, 6.07) is 11.1. The minimum atomic E-state index is -0.436. The predicted octanol–water partition coefficient (Wildman–Crippen LogP) is 4.35. The van der Waals surface area contributed by atoms with E-state index in [0.29, 0.717) is 16.6 Å². The number of benzene rings is 2. The zero-order valence-corrected chi connectivity index (χ0v) is 12.9. The zero-order valence-electron chi connectivity index (χ0n) is 11.3. The molecule has 2 aromatic carbocycles. The summed E-state index contributed by atoms with van der Waals surface area (Å²) < 4.78 is 14.3. The first kappa shape index (κ1) is 15.6. The van der Waals surface area contributed by atoms with Crippen LogP contribution in [0.4, 0.5) is 10.1 Å². The van der Waals surface area contributed by atoms with Crippen molar-refractivity contribution in [3.8, 4) is 0 Å².